The molecule has 1 aromatic rings. The molecule has 0 aliphatic heterocycles. The van der Waals surface area contributed by atoms with E-state index in [1.165, 1.54) is 11.1 Å². The first-order chi connectivity index (χ1) is 7.63. The second kappa shape index (κ2) is 6.97. The molecule has 0 spiro atoms. The molecule has 0 fully saturated rings. The lowest BCUT2D eigenvalue weighted by molar-refractivity contribution is 0.361. The van der Waals surface area contributed by atoms with E-state index in [4.69, 9.17) is 0 Å². The molecule has 0 heterocycles. The minimum Gasteiger partial charge on any atom is -0.305 e. The molecule has 0 bridgehead atoms. The van der Waals surface area contributed by atoms with Gasteiger partial charge in [-0.15, -0.1) is 0 Å². The maximum Gasteiger partial charge on any atom is 0.00669 e. The van der Waals surface area contributed by atoms with Crippen LogP contribution in [0.25, 0.3) is 0 Å². The maximum absolute atomic E-state index is 4.23. The molecular formula is C14H23NS. The normalized spacial score (nSPS) is 11.4. The number of nitrogens with zero attached hydrogens (tertiary/aromatic N) is 1. The van der Waals surface area contributed by atoms with E-state index < -0.39 is 0 Å². The van der Waals surface area contributed by atoms with Crippen LogP contribution in [-0.2, 0) is 6.42 Å². The Balaban J connectivity index is 2.43. The standard InChI is InChI=1S/C14H23NS/c1-12(2)14-6-4-13(5-7-14)8-9-15(3)10-11-16/h4-7,12,16H,8-11H2,1-3H3. The monoisotopic (exact) mass is 237 g/mol. The van der Waals surface area contributed by atoms with Crippen molar-refractivity contribution in [3.05, 3.63) is 35.4 Å². The molecular weight excluding hydrogens is 214 g/mol. The molecule has 1 aromatic carbocycles. The largest absolute Gasteiger partial charge is 0.305 e. The van der Waals surface area contributed by atoms with E-state index >= 15 is 0 Å². The van der Waals surface area contributed by atoms with E-state index in [2.05, 4.69) is 62.7 Å². The van der Waals surface area contributed by atoms with Crippen LogP contribution >= 0.6 is 12.6 Å². The van der Waals surface area contributed by atoms with E-state index in [1.807, 2.05) is 0 Å². The van der Waals surface area contributed by atoms with Crippen LogP contribution in [0.1, 0.15) is 30.9 Å². The third-order valence-electron chi connectivity index (χ3n) is 2.91. The number of hydrogen-bond acceptors (Lipinski definition) is 2. The van der Waals surface area contributed by atoms with Gasteiger partial charge in [-0.05, 0) is 30.5 Å². The molecule has 0 saturated heterocycles. The van der Waals surface area contributed by atoms with Gasteiger partial charge in [-0.2, -0.15) is 12.6 Å². The summed E-state index contributed by atoms with van der Waals surface area (Å²) in [4.78, 5) is 2.32. The molecule has 0 aromatic heterocycles. The summed E-state index contributed by atoms with van der Waals surface area (Å²) in [5, 5.41) is 0. The van der Waals surface area contributed by atoms with Gasteiger partial charge in [0, 0.05) is 18.8 Å². The molecule has 0 amide bonds. The van der Waals surface area contributed by atoms with Crippen LogP contribution < -0.4 is 0 Å². The Morgan fingerprint density at radius 3 is 2.25 bits per heavy atom. The van der Waals surface area contributed by atoms with Gasteiger partial charge in [-0.25, -0.2) is 0 Å². The maximum atomic E-state index is 4.23. The highest BCUT2D eigenvalue weighted by Gasteiger charge is 2.00. The Kier molecular flexibility index (Phi) is 5.93. The van der Waals surface area contributed by atoms with Crippen molar-refractivity contribution in [3.63, 3.8) is 0 Å². The molecule has 1 nitrogen and oxygen atoms in total. The quantitative estimate of drug-likeness (QED) is 0.744. The lowest BCUT2D eigenvalue weighted by atomic mass is 10.0. The Hall–Kier alpha value is -0.470. The molecule has 0 radical (unpaired) electrons. The molecule has 1 rings (SSSR count). The van der Waals surface area contributed by atoms with Crippen LogP contribution in [0.15, 0.2) is 24.3 Å². The molecule has 0 aliphatic carbocycles. The van der Waals surface area contributed by atoms with Crippen molar-refractivity contribution in [2.45, 2.75) is 26.2 Å². The summed E-state index contributed by atoms with van der Waals surface area (Å²) in [6.45, 7) is 6.64. The summed E-state index contributed by atoms with van der Waals surface area (Å²) in [5.74, 6) is 1.56. The lowest BCUT2D eigenvalue weighted by Gasteiger charge is -2.15. The fraction of sp³-hybridized carbons (Fsp3) is 0.571. The van der Waals surface area contributed by atoms with E-state index in [0.717, 1.165) is 25.3 Å². The highest BCUT2D eigenvalue weighted by molar-refractivity contribution is 7.80. The molecule has 90 valence electrons. The molecule has 0 unspecified atom stereocenters. The van der Waals surface area contributed by atoms with Gasteiger partial charge >= 0.3 is 0 Å². The second-order valence-electron chi connectivity index (χ2n) is 4.67. The first kappa shape index (κ1) is 13.6. The average molecular weight is 237 g/mol. The number of likely N-dealkylation sites (N-methyl/N-ethyl adjacent to an activating group) is 1. The summed E-state index contributed by atoms with van der Waals surface area (Å²) < 4.78 is 0. The molecule has 16 heavy (non-hydrogen) atoms. The first-order valence-corrected chi connectivity index (χ1v) is 6.65. The SMILES string of the molecule is CC(C)c1ccc(CCN(C)CCS)cc1. The van der Waals surface area contributed by atoms with Gasteiger partial charge in [-0.3, -0.25) is 0 Å². The first-order valence-electron chi connectivity index (χ1n) is 6.01. The van der Waals surface area contributed by atoms with Gasteiger partial charge < -0.3 is 4.90 Å². The van der Waals surface area contributed by atoms with Crippen molar-refractivity contribution in [3.8, 4) is 0 Å². The van der Waals surface area contributed by atoms with Crippen LogP contribution in [0.2, 0.25) is 0 Å². The highest BCUT2D eigenvalue weighted by atomic mass is 32.1. The molecule has 0 N–H and O–H groups in total. The molecule has 0 aliphatic rings. The van der Waals surface area contributed by atoms with E-state index in [9.17, 15) is 0 Å². The minimum absolute atomic E-state index is 0.626. The van der Waals surface area contributed by atoms with Crippen LogP contribution in [0.3, 0.4) is 0 Å². The van der Waals surface area contributed by atoms with Crippen molar-refractivity contribution in [1.29, 1.82) is 0 Å². The van der Waals surface area contributed by atoms with E-state index in [1.54, 1.807) is 0 Å². The van der Waals surface area contributed by atoms with Crippen molar-refractivity contribution in [1.82, 2.24) is 4.90 Å². The predicted molar refractivity (Wildman–Crippen MR) is 75.6 cm³/mol. The van der Waals surface area contributed by atoms with Gasteiger partial charge in [0.15, 0.2) is 0 Å². The summed E-state index contributed by atoms with van der Waals surface area (Å²) in [6.07, 6.45) is 1.13. The average Bonchev–Trinajstić information content (AvgIpc) is 2.27. The van der Waals surface area contributed by atoms with Crippen LogP contribution in [0, 0.1) is 0 Å². The zero-order chi connectivity index (χ0) is 12.0. The molecule has 0 saturated carbocycles. The van der Waals surface area contributed by atoms with Gasteiger partial charge in [0.1, 0.15) is 0 Å². The second-order valence-corrected chi connectivity index (χ2v) is 5.12. The van der Waals surface area contributed by atoms with Gasteiger partial charge in [0.05, 0.1) is 0 Å². The Labute approximate surface area is 105 Å². The zero-order valence-electron chi connectivity index (χ0n) is 10.6. The smallest absolute Gasteiger partial charge is 0.00669 e. The summed E-state index contributed by atoms with van der Waals surface area (Å²) >= 11 is 4.23. The van der Waals surface area contributed by atoms with Crippen molar-refractivity contribution in [2.75, 3.05) is 25.9 Å². The topological polar surface area (TPSA) is 3.24 Å². The molecule has 2 heteroatoms. The third-order valence-corrected chi connectivity index (χ3v) is 3.11. The number of benzene rings is 1. The van der Waals surface area contributed by atoms with E-state index in [0.29, 0.717) is 5.92 Å². The summed E-state index contributed by atoms with van der Waals surface area (Å²) in [7, 11) is 2.15. The van der Waals surface area contributed by atoms with E-state index in [-0.39, 0.29) is 0 Å². The number of hydrogen-bond donors (Lipinski definition) is 1. The fourth-order valence-corrected chi connectivity index (χ4v) is 2.01. The Morgan fingerprint density at radius 1 is 1.12 bits per heavy atom. The van der Waals surface area contributed by atoms with Crippen LogP contribution in [0.5, 0.6) is 0 Å². The number of thiol groups is 1. The minimum atomic E-state index is 0.626. The van der Waals surface area contributed by atoms with Gasteiger partial charge in [-0.1, -0.05) is 38.1 Å². The van der Waals surface area contributed by atoms with Crippen LogP contribution in [-0.4, -0.2) is 30.8 Å². The predicted octanol–water partition coefficient (Wildman–Crippen LogP) is 3.21. The van der Waals surface area contributed by atoms with Gasteiger partial charge in [0.25, 0.3) is 0 Å². The number of rotatable bonds is 6. The third kappa shape index (κ3) is 4.58. The van der Waals surface area contributed by atoms with Crippen molar-refractivity contribution < 1.29 is 0 Å². The van der Waals surface area contributed by atoms with Crippen molar-refractivity contribution >= 4 is 12.6 Å². The summed E-state index contributed by atoms with van der Waals surface area (Å²) in [6, 6.07) is 9.00. The fourth-order valence-electron chi connectivity index (χ4n) is 1.67. The van der Waals surface area contributed by atoms with Crippen molar-refractivity contribution in [2.24, 2.45) is 0 Å². The van der Waals surface area contributed by atoms with Crippen LogP contribution in [0.4, 0.5) is 0 Å². The van der Waals surface area contributed by atoms with Gasteiger partial charge in [0.2, 0.25) is 0 Å². The Morgan fingerprint density at radius 2 is 1.75 bits per heavy atom. The lowest BCUT2D eigenvalue weighted by Crippen LogP contribution is -2.23. The summed E-state index contributed by atoms with van der Waals surface area (Å²) in [5.41, 5.74) is 2.85. The highest BCUT2D eigenvalue weighted by Crippen LogP contribution is 2.14. The zero-order valence-corrected chi connectivity index (χ0v) is 11.5. The molecule has 0 atom stereocenters. The Bertz CT molecular complexity index is 292.